The second-order valence-corrected chi connectivity index (χ2v) is 9.51. The summed E-state index contributed by atoms with van der Waals surface area (Å²) < 4.78 is 0. The van der Waals surface area contributed by atoms with Gasteiger partial charge in [-0.1, -0.05) is 12.1 Å². The highest BCUT2D eigenvalue weighted by Gasteiger charge is 2.46. The Hall–Kier alpha value is -3.37. The summed E-state index contributed by atoms with van der Waals surface area (Å²) in [6, 6.07) is 10.1. The summed E-state index contributed by atoms with van der Waals surface area (Å²) in [6.45, 7) is 3.91. The number of nitro groups is 1. The molecule has 2 unspecified atom stereocenters. The number of hydrogen-bond acceptors (Lipinski definition) is 7. The molecule has 1 N–H and O–H groups in total. The average Bonchev–Trinajstić information content (AvgIpc) is 3.65. The second kappa shape index (κ2) is 10.1. The molecule has 3 aliphatic rings. The van der Waals surface area contributed by atoms with E-state index in [0.717, 1.165) is 31.5 Å². The molecule has 0 spiro atoms. The molecule has 2 aliphatic heterocycles. The van der Waals surface area contributed by atoms with Gasteiger partial charge in [0.15, 0.2) is 0 Å². The number of non-ortho nitro benzene ring substituents is 1. The van der Waals surface area contributed by atoms with Crippen LogP contribution in [0.5, 0.6) is 0 Å². The van der Waals surface area contributed by atoms with Crippen LogP contribution >= 0.6 is 0 Å². The van der Waals surface area contributed by atoms with E-state index < -0.39 is 11.0 Å². The fraction of sp³-hybridized carbons (Fsp3) is 0.480. The molecule has 0 bridgehead atoms. The lowest BCUT2D eigenvalue weighted by molar-refractivity contribution is -0.384. The molecule has 2 amide bonds. The zero-order valence-electron chi connectivity index (χ0n) is 19.6. The van der Waals surface area contributed by atoms with Crippen molar-refractivity contribution in [2.45, 2.75) is 43.9 Å². The topological polar surface area (TPSA) is 112 Å². The van der Waals surface area contributed by atoms with Crippen LogP contribution in [0.3, 0.4) is 0 Å². The molecule has 2 saturated heterocycles. The van der Waals surface area contributed by atoms with Gasteiger partial charge in [-0.3, -0.25) is 29.6 Å². The van der Waals surface area contributed by atoms with Crippen molar-refractivity contribution < 1.29 is 14.5 Å². The lowest BCUT2D eigenvalue weighted by atomic mass is 10.1. The van der Waals surface area contributed by atoms with E-state index in [1.807, 2.05) is 4.90 Å². The molecule has 1 aliphatic carbocycles. The Bertz CT molecular complexity index is 1070. The third-order valence-corrected chi connectivity index (χ3v) is 7.16. The maximum atomic E-state index is 13.6. The molecule has 184 valence electrons. The quantitative estimate of drug-likeness (QED) is 0.476. The van der Waals surface area contributed by atoms with Crippen molar-refractivity contribution in [3.05, 3.63) is 70.0 Å². The summed E-state index contributed by atoms with van der Waals surface area (Å²) in [5.41, 5.74) is 1.55. The van der Waals surface area contributed by atoms with Crippen molar-refractivity contribution in [2.24, 2.45) is 0 Å². The smallest absolute Gasteiger partial charge is 0.269 e. The molecule has 10 nitrogen and oxygen atoms in total. The first-order valence-corrected chi connectivity index (χ1v) is 12.2. The predicted octanol–water partition coefficient (Wildman–Crippen LogP) is 1.67. The van der Waals surface area contributed by atoms with E-state index >= 15 is 0 Å². The highest BCUT2D eigenvalue weighted by Crippen LogP contribution is 2.35. The molecular weight excluding hydrogens is 448 g/mol. The Labute approximate surface area is 204 Å². The van der Waals surface area contributed by atoms with Crippen LogP contribution in [0, 0.1) is 10.1 Å². The van der Waals surface area contributed by atoms with E-state index in [1.165, 1.54) is 12.1 Å². The van der Waals surface area contributed by atoms with Gasteiger partial charge in [-0.2, -0.15) is 0 Å². The molecular formula is C25H30N6O4. The highest BCUT2D eigenvalue weighted by molar-refractivity contribution is 5.97. The number of carbonyl (C=O) groups excluding carboxylic acids is 2. The van der Waals surface area contributed by atoms with E-state index in [4.69, 9.17) is 0 Å². The maximum Gasteiger partial charge on any atom is 0.269 e. The summed E-state index contributed by atoms with van der Waals surface area (Å²) in [5, 5.41) is 14.3. The third kappa shape index (κ3) is 5.18. The van der Waals surface area contributed by atoms with Gasteiger partial charge in [0, 0.05) is 75.9 Å². The minimum atomic E-state index is -0.510. The van der Waals surface area contributed by atoms with Gasteiger partial charge >= 0.3 is 0 Å². The summed E-state index contributed by atoms with van der Waals surface area (Å²) in [6.07, 6.45) is 5.93. The van der Waals surface area contributed by atoms with E-state index in [2.05, 4.69) is 15.2 Å². The van der Waals surface area contributed by atoms with Gasteiger partial charge in [-0.05, 0) is 37.0 Å². The van der Waals surface area contributed by atoms with Gasteiger partial charge in [-0.15, -0.1) is 0 Å². The molecule has 35 heavy (non-hydrogen) atoms. The van der Waals surface area contributed by atoms with Crippen molar-refractivity contribution in [3.8, 4) is 0 Å². The van der Waals surface area contributed by atoms with Gasteiger partial charge in [0.05, 0.1) is 10.5 Å². The van der Waals surface area contributed by atoms with Crippen molar-refractivity contribution >= 4 is 17.5 Å². The van der Waals surface area contributed by atoms with Gasteiger partial charge in [0.1, 0.15) is 6.04 Å². The average molecular weight is 479 g/mol. The first kappa shape index (κ1) is 23.4. The fourth-order valence-electron chi connectivity index (χ4n) is 5.16. The summed E-state index contributed by atoms with van der Waals surface area (Å²) >= 11 is 0. The van der Waals surface area contributed by atoms with Crippen LogP contribution in [-0.4, -0.2) is 87.3 Å². The minimum Gasteiger partial charge on any atom is -0.338 e. The standard InChI is InChI=1S/C25H30N6O4/c32-24(19-2-1-9-27-15-19)30-17-22(14-23(30)25(33)28-12-10-26-11-13-28)29(20-7-8-20)16-18-3-5-21(6-4-18)31(34)35/h1-6,9,15,20,22-23,26H,7-8,10-14,16-17H2. The Kier molecular flexibility index (Phi) is 6.74. The monoisotopic (exact) mass is 478 g/mol. The van der Waals surface area contributed by atoms with Crippen LogP contribution in [0.2, 0.25) is 0 Å². The Morgan fingerprint density at radius 2 is 1.86 bits per heavy atom. The molecule has 2 atom stereocenters. The van der Waals surface area contributed by atoms with Gasteiger partial charge in [0.2, 0.25) is 5.91 Å². The number of piperazine rings is 1. The minimum absolute atomic E-state index is 0.0114. The molecule has 1 saturated carbocycles. The lowest BCUT2D eigenvalue weighted by Crippen LogP contribution is -2.53. The fourth-order valence-corrected chi connectivity index (χ4v) is 5.16. The number of amides is 2. The number of benzene rings is 1. The Morgan fingerprint density at radius 3 is 2.49 bits per heavy atom. The van der Waals surface area contributed by atoms with Crippen LogP contribution in [0.1, 0.15) is 35.2 Å². The van der Waals surface area contributed by atoms with E-state index in [9.17, 15) is 19.7 Å². The third-order valence-electron chi connectivity index (χ3n) is 7.16. The SMILES string of the molecule is O=C(C1CC(N(Cc2ccc([N+](=O)[O-])cc2)C2CC2)CN1C(=O)c1cccnc1)N1CCNCC1. The van der Waals surface area contributed by atoms with Gasteiger partial charge < -0.3 is 15.1 Å². The van der Waals surface area contributed by atoms with Crippen LogP contribution in [0.25, 0.3) is 0 Å². The number of rotatable bonds is 7. The number of carbonyl (C=O) groups is 2. The number of nitro benzene ring substituents is 1. The zero-order chi connectivity index (χ0) is 24.4. The number of aromatic nitrogens is 1. The zero-order valence-corrected chi connectivity index (χ0v) is 19.6. The molecule has 1 aromatic carbocycles. The molecule has 2 aromatic rings. The molecule has 10 heteroatoms. The maximum absolute atomic E-state index is 13.6. The van der Waals surface area contributed by atoms with E-state index in [-0.39, 0.29) is 23.5 Å². The van der Waals surface area contributed by atoms with E-state index in [0.29, 0.717) is 44.2 Å². The molecule has 0 radical (unpaired) electrons. The molecule has 1 aromatic heterocycles. The molecule has 3 heterocycles. The van der Waals surface area contributed by atoms with Crippen LogP contribution < -0.4 is 5.32 Å². The number of likely N-dealkylation sites (tertiary alicyclic amines) is 1. The predicted molar refractivity (Wildman–Crippen MR) is 129 cm³/mol. The number of nitrogens with one attached hydrogen (secondary N) is 1. The molecule has 3 fully saturated rings. The van der Waals surface area contributed by atoms with Crippen molar-refractivity contribution in [1.29, 1.82) is 0 Å². The van der Waals surface area contributed by atoms with Gasteiger partial charge in [-0.25, -0.2) is 0 Å². The number of hydrogen-bond donors (Lipinski definition) is 1. The summed E-state index contributed by atoms with van der Waals surface area (Å²) in [7, 11) is 0. The lowest BCUT2D eigenvalue weighted by Gasteiger charge is -2.32. The first-order chi connectivity index (χ1) is 17.0. The van der Waals surface area contributed by atoms with Crippen LogP contribution in [0.4, 0.5) is 5.69 Å². The Morgan fingerprint density at radius 1 is 1.11 bits per heavy atom. The van der Waals surface area contributed by atoms with Crippen LogP contribution in [0.15, 0.2) is 48.8 Å². The number of pyridine rings is 1. The largest absolute Gasteiger partial charge is 0.338 e. The normalized spacial score (nSPS) is 22.4. The van der Waals surface area contributed by atoms with Crippen LogP contribution in [-0.2, 0) is 11.3 Å². The molecule has 5 rings (SSSR count). The summed E-state index contributed by atoms with van der Waals surface area (Å²) in [5.74, 6) is -0.155. The number of nitrogens with zero attached hydrogens (tertiary/aromatic N) is 5. The van der Waals surface area contributed by atoms with Crippen molar-refractivity contribution in [2.75, 3.05) is 32.7 Å². The summed E-state index contributed by atoms with van der Waals surface area (Å²) in [4.78, 5) is 47.8. The van der Waals surface area contributed by atoms with Gasteiger partial charge in [0.25, 0.3) is 11.6 Å². The van der Waals surface area contributed by atoms with Crippen molar-refractivity contribution in [1.82, 2.24) is 25.0 Å². The van der Waals surface area contributed by atoms with Crippen molar-refractivity contribution in [3.63, 3.8) is 0 Å². The second-order valence-electron chi connectivity index (χ2n) is 9.51. The Balaban J connectivity index is 1.38. The highest BCUT2D eigenvalue weighted by atomic mass is 16.6. The van der Waals surface area contributed by atoms with E-state index in [1.54, 1.807) is 41.6 Å². The first-order valence-electron chi connectivity index (χ1n) is 12.2.